The predicted molar refractivity (Wildman–Crippen MR) is 111 cm³/mol. The summed E-state index contributed by atoms with van der Waals surface area (Å²) in [6.07, 6.45) is -1.80. The van der Waals surface area contributed by atoms with Gasteiger partial charge < -0.3 is 26.7 Å². The summed E-state index contributed by atoms with van der Waals surface area (Å²) in [6.45, 7) is 1.36. The van der Waals surface area contributed by atoms with Gasteiger partial charge in [-0.2, -0.15) is 18.3 Å². The maximum atomic E-state index is 10.6. The Morgan fingerprint density at radius 2 is 1.91 bits per heavy atom. The van der Waals surface area contributed by atoms with Crippen molar-refractivity contribution < 1.29 is 28.2 Å². The second-order valence-corrected chi connectivity index (χ2v) is 6.78. The number of hydrogen-bond donors (Lipinski definition) is 5. The van der Waals surface area contributed by atoms with Crippen molar-refractivity contribution in [1.29, 1.82) is 0 Å². The number of nitrogen functional groups attached to an aromatic ring is 1. The molecule has 7 N–H and O–H groups in total. The van der Waals surface area contributed by atoms with Crippen LogP contribution in [0.15, 0.2) is 30.6 Å². The Balaban J connectivity index is 0.000000360. The van der Waals surface area contributed by atoms with Crippen LogP contribution in [0, 0.1) is 0 Å². The maximum absolute atomic E-state index is 10.6. The van der Waals surface area contributed by atoms with Crippen LogP contribution >= 0.6 is 0 Å². The number of nitrogens with one attached hydrogen (secondary N) is 1. The SMILES string of the molecule is NCCCCn1nc(-c2cc3ccc(O)cc3[nH]2)c2c(N)ncnc21.O=C(O)C(F)(F)F. The minimum absolute atomic E-state index is 0.209. The summed E-state index contributed by atoms with van der Waals surface area (Å²) < 4.78 is 33.6. The molecule has 0 amide bonds. The lowest BCUT2D eigenvalue weighted by molar-refractivity contribution is -0.192. The van der Waals surface area contributed by atoms with Crippen molar-refractivity contribution in [2.24, 2.45) is 5.73 Å². The average Bonchev–Trinajstić information content (AvgIpc) is 3.30. The molecule has 0 atom stereocenters. The topological polar surface area (TPSA) is 169 Å². The summed E-state index contributed by atoms with van der Waals surface area (Å²) in [5.74, 6) is -2.15. The Bertz CT molecular complexity index is 1250. The molecule has 0 radical (unpaired) electrons. The number of fused-ring (bicyclic) bond motifs is 2. The van der Waals surface area contributed by atoms with Gasteiger partial charge in [0.2, 0.25) is 0 Å². The van der Waals surface area contributed by atoms with Crippen molar-refractivity contribution in [3.63, 3.8) is 0 Å². The van der Waals surface area contributed by atoms with Gasteiger partial charge in [-0.15, -0.1) is 0 Å². The van der Waals surface area contributed by atoms with Gasteiger partial charge in [0.15, 0.2) is 5.65 Å². The number of aromatic hydroxyl groups is 1. The highest BCUT2D eigenvalue weighted by atomic mass is 19.4. The average molecular weight is 451 g/mol. The van der Waals surface area contributed by atoms with Gasteiger partial charge in [0.05, 0.1) is 11.1 Å². The summed E-state index contributed by atoms with van der Waals surface area (Å²) in [7, 11) is 0. The van der Waals surface area contributed by atoms with Gasteiger partial charge in [0, 0.05) is 23.5 Å². The first kappa shape index (κ1) is 22.8. The number of aromatic amines is 1. The summed E-state index contributed by atoms with van der Waals surface area (Å²) in [5.41, 5.74) is 14.7. The third-order valence-corrected chi connectivity index (χ3v) is 4.49. The van der Waals surface area contributed by atoms with Crippen LogP contribution in [-0.2, 0) is 11.3 Å². The van der Waals surface area contributed by atoms with Crippen LogP contribution in [0.1, 0.15) is 12.8 Å². The van der Waals surface area contributed by atoms with Gasteiger partial charge in [-0.05, 0) is 37.6 Å². The highest BCUT2D eigenvalue weighted by Gasteiger charge is 2.38. The summed E-state index contributed by atoms with van der Waals surface area (Å²) in [6, 6.07) is 7.16. The molecule has 10 nitrogen and oxygen atoms in total. The number of nitrogens with two attached hydrogens (primary N) is 2. The zero-order valence-electron chi connectivity index (χ0n) is 16.6. The highest BCUT2D eigenvalue weighted by molar-refractivity contribution is 5.99. The number of hydrogen-bond acceptors (Lipinski definition) is 7. The zero-order valence-corrected chi connectivity index (χ0v) is 16.6. The molecule has 170 valence electrons. The number of nitrogens with zero attached hydrogens (tertiary/aromatic N) is 4. The van der Waals surface area contributed by atoms with E-state index >= 15 is 0 Å². The number of carboxylic acids is 1. The van der Waals surface area contributed by atoms with E-state index in [-0.39, 0.29) is 5.75 Å². The molecule has 32 heavy (non-hydrogen) atoms. The van der Waals surface area contributed by atoms with Crippen LogP contribution in [0.4, 0.5) is 19.0 Å². The van der Waals surface area contributed by atoms with Crippen molar-refractivity contribution in [2.45, 2.75) is 25.6 Å². The molecule has 0 aliphatic rings. The number of aliphatic carboxylic acids is 1. The van der Waals surface area contributed by atoms with E-state index < -0.39 is 12.1 Å². The maximum Gasteiger partial charge on any atom is 0.490 e. The Kier molecular flexibility index (Phi) is 6.48. The van der Waals surface area contributed by atoms with E-state index in [1.54, 1.807) is 12.1 Å². The third-order valence-electron chi connectivity index (χ3n) is 4.49. The van der Waals surface area contributed by atoms with E-state index in [1.165, 1.54) is 6.33 Å². The molecule has 3 aromatic heterocycles. The molecule has 13 heteroatoms. The second-order valence-electron chi connectivity index (χ2n) is 6.78. The number of H-pyrrole nitrogens is 1. The predicted octanol–water partition coefficient (Wildman–Crippen LogP) is 2.63. The lowest BCUT2D eigenvalue weighted by atomic mass is 10.2. The van der Waals surface area contributed by atoms with Crippen molar-refractivity contribution in [1.82, 2.24) is 24.7 Å². The Labute approximate surface area is 178 Å². The number of carbonyl (C=O) groups is 1. The largest absolute Gasteiger partial charge is 0.508 e. The molecular weight excluding hydrogens is 431 g/mol. The van der Waals surface area contributed by atoms with E-state index in [2.05, 4.69) is 15.0 Å². The monoisotopic (exact) mass is 451 g/mol. The number of carboxylic acid groups (broad SMARTS) is 1. The van der Waals surface area contributed by atoms with Crippen LogP contribution in [-0.4, -0.2) is 53.6 Å². The number of aromatic nitrogens is 5. The van der Waals surface area contributed by atoms with Crippen molar-refractivity contribution in [3.05, 3.63) is 30.6 Å². The van der Waals surface area contributed by atoms with Gasteiger partial charge in [0.1, 0.15) is 23.6 Å². The molecule has 0 saturated carbocycles. The quantitative estimate of drug-likeness (QED) is 0.288. The molecule has 0 aliphatic heterocycles. The smallest absolute Gasteiger partial charge is 0.490 e. The molecule has 0 spiro atoms. The fourth-order valence-electron chi connectivity index (χ4n) is 3.02. The Morgan fingerprint density at radius 3 is 2.56 bits per heavy atom. The van der Waals surface area contributed by atoms with E-state index in [4.69, 9.17) is 26.5 Å². The van der Waals surface area contributed by atoms with Crippen LogP contribution in [0.25, 0.3) is 33.3 Å². The zero-order chi connectivity index (χ0) is 23.5. The van der Waals surface area contributed by atoms with Gasteiger partial charge in [-0.3, -0.25) is 0 Å². The van der Waals surface area contributed by atoms with Crippen LogP contribution < -0.4 is 11.5 Å². The number of alkyl halides is 3. The standard InChI is InChI=1S/C17H19N7O.C2HF3O2/c18-5-1-2-6-24-17-14(16(19)20-9-21-17)15(23-24)13-7-10-3-4-11(25)8-12(10)22-13;3-2(4,5)1(6)7/h3-4,7-9,22,25H,1-2,5-6,18H2,(H2,19,20,21);(H,6,7). The minimum atomic E-state index is -5.08. The fraction of sp³-hybridized carbons (Fsp3) is 0.263. The molecule has 1 aromatic carbocycles. The second kappa shape index (κ2) is 9.09. The molecule has 4 rings (SSSR count). The normalized spacial score (nSPS) is 11.5. The van der Waals surface area contributed by atoms with Crippen LogP contribution in [0.5, 0.6) is 5.75 Å². The van der Waals surface area contributed by atoms with E-state index in [1.807, 2.05) is 16.8 Å². The molecule has 0 bridgehead atoms. The van der Waals surface area contributed by atoms with Crippen molar-refractivity contribution >= 4 is 33.7 Å². The number of anilines is 1. The first-order chi connectivity index (χ1) is 15.1. The molecular formula is C19H20F3N7O3. The number of rotatable bonds is 5. The van der Waals surface area contributed by atoms with E-state index in [0.29, 0.717) is 30.2 Å². The Hall–Kier alpha value is -3.87. The third kappa shape index (κ3) is 4.88. The van der Waals surface area contributed by atoms with E-state index in [9.17, 15) is 18.3 Å². The summed E-state index contributed by atoms with van der Waals surface area (Å²) >= 11 is 0. The van der Waals surface area contributed by atoms with Gasteiger partial charge in [0.25, 0.3) is 0 Å². The van der Waals surface area contributed by atoms with Crippen LogP contribution in [0.2, 0.25) is 0 Å². The molecule has 4 aromatic rings. The summed E-state index contributed by atoms with van der Waals surface area (Å²) in [4.78, 5) is 20.7. The molecule has 0 unspecified atom stereocenters. The molecule has 3 heterocycles. The summed E-state index contributed by atoms with van der Waals surface area (Å²) in [5, 5.41) is 23.2. The number of phenols is 1. The number of phenolic OH excluding ortho intramolecular Hbond substituents is 1. The number of aryl methyl sites for hydroxylation is 1. The lowest BCUT2D eigenvalue weighted by Crippen LogP contribution is -2.21. The van der Waals surface area contributed by atoms with Gasteiger partial charge in [-0.25, -0.2) is 19.4 Å². The molecule has 0 fully saturated rings. The highest BCUT2D eigenvalue weighted by Crippen LogP contribution is 2.32. The lowest BCUT2D eigenvalue weighted by Gasteiger charge is -2.01. The number of benzene rings is 1. The molecule has 0 saturated heterocycles. The molecule has 0 aliphatic carbocycles. The number of unbranched alkanes of at least 4 members (excludes halogenated alkanes) is 1. The number of halogens is 3. The van der Waals surface area contributed by atoms with Gasteiger partial charge >= 0.3 is 12.1 Å². The minimum Gasteiger partial charge on any atom is -0.508 e. The van der Waals surface area contributed by atoms with E-state index in [0.717, 1.165) is 34.8 Å². The fourth-order valence-corrected chi connectivity index (χ4v) is 3.02. The van der Waals surface area contributed by atoms with Gasteiger partial charge in [-0.1, -0.05) is 0 Å². The first-order valence-corrected chi connectivity index (χ1v) is 9.41. The van der Waals surface area contributed by atoms with Crippen molar-refractivity contribution in [2.75, 3.05) is 12.3 Å². The Morgan fingerprint density at radius 1 is 1.19 bits per heavy atom. The first-order valence-electron chi connectivity index (χ1n) is 9.41. The van der Waals surface area contributed by atoms with Crippen molar-refractivity contribution in [3.8, 4) is 17.1 Å². The van der Waals surface area contributed by atoms with Crippen LogP contribution in [0.3, 0.4) is 0 Å².